The zero-order valence-corrected chi connectivity index (χ0v) is 16.7. The van der Waals surface area contributed by atoms with Gasteiger partial charge < -0.3 is 4.74 Å². The minimum atomic E-state index is 0.682. The first-order valence-electron chi connectivity index (χ1n) is 8.90. The lowest BCUT2D eigenvalue weighted by Gasteiger charge is -2.11. The smallest absolute Gasteiger partial charge is 0.147 e. The van der Waals surface area contributed by atoms with Gasteiger partial charge in [-0.3, -0.25) is 5.43 Å². The van der Waals surface area contributed by atoms with Crippen LogP contribution in [0.2, 0.25) is 0 Å². The third-order valence-corrected chi connectivity index (χ3v) is 5.55. The van der Waals surface area contributed by atoms with Gasteiger partial charge in [0.25, 0.3) is 0 Å². The Balaban J connectivity index is 1.79. The van der Waals surface area contributed by atoms with Gasteiger partial charge in [-0.1, -0.05) is 30.3 Å². The monoisotopic (exact) mass is 388 g/mol. The van der Waals surface area contributed by atoms with Crippen LogP contribution in [-0.2, 0) is 0 Å². The highest BCUT2D eigenvalue weighted by atomic mass is 32.1. The Morgan fingerprint density at radius 2 is 1.93 bits per heavy atom. The van der Waals surface area contributed by atoms with Crippen LogP contribution in [0.15, 0.2) is 65.2 Å². The summed E-state index contributed by atoms with van der Waals surface area (Å²) < 4.78 is 5.37. The van der Waals surface area contributed by atoms with E-state index in [2.05, 4.69) is 27.6 Å². The van der Waals surface area contributed by atoms with Crippen LogP contribution in [0.1, 0.15) is 17.5 Å². The summed E-state index contributed by atoms with van der Waals surface area (Å²) in [7, 11) is 1.66. The molecule has 0 radical (unpaired) electrons. The number of benzene rings is 2. The number of fused-ring (bicyclic) bond motifs is 1. The zero-order chi connectivity index (χ0) is 19.5. The van der Waals surface area contributed by atoms with E-state index in [0.717, 1.165) is 44.1 Å². The molecule has 0 atom stereocenters. The Bertz CT molecular complexity index is 1150. The van der Waals surface area contributed by atoms with Crippen LogP contribution in [0.4, 0.5) is 5.82 Å². The van der Waals surface area contributed by atoms with Crippen molar-refractivity contribution in [3.8, 4) is 16.9 Å². The summed E-state index contributed by atoms with van der Waals surface area (Å²) >= 11 is 1.58. The van der Waals surface area contributed by atoms with Crippen molar-refractivity contribution in [1.82, 2.24) is 9.97 Å². The Kier molecular flexibility index (Phi) is 5.04. The van der Waals surface area contributed by atoms with Gasteiger partial charge >= 0.3 is 0 Å². The first-order chi connectivity index (χ1) is 13.7. The number of thiazole rings is 1. The minimum absolute atomic E-state index is 0.682. The molecule has 1 N–H and O–H groups in total. The highest BCUT2D eigenvalue weighted by Gasteiger charge is 2.10. The molecule has 4 rings (SSSR count). The van der Waals surface area contributed by atoms with E-state index >= 15 is 0 Å². The molecule has 0 amide bonds. The van der Waals surface area contributed by atoms with Crippen molar-refractivity contribution < 1.29 is 4.74 Å². The summed E-state index contributed by atoms with van der Waals surface area (Å²) in [6, 6.07) is 18.2. The van der Waals surface area contributed by atoms with E-state index in [4.69, 9.17) is 9.72 Å². The summed E-state index contributed by atoms with van der Waals surface area (Å²) in [6.07, 6.45) is 0. The second-order valence-electron chi connectivity index (χ2n) is 6.38. The Hall–Kier alpha value is -3.25. The molecular weight excluding hydrogens is 368 g/mol. The number of hydrogen-bond donors (Lipinski definition) is 1. The maximum Gasteiger partial charge on any atom is 0.147 e. The summed E-state index contributed by atoms with van der Waals surface area (Å²) in [5, 5.41) is 5.59. The molecule has 28 heavy (non-hydrogen) atoms. The molecule has 5 nitrogen and oxygen atoms in total. The molecule has 0 aliphatic heterocycles. The predicted molar refractivity (Wildman–Crippen MR) is 116 cm³/mol. The van der Waals surface area contributed by atoms with Crippen LogP contribution in [0, 0.1) is 6.92 Å². The summed E-state index contributed by atoms with van der Waals surface area (Å²) in [6.45, 7) is 3.95. The van der Waals surface area contributed by atoms with Crippen molar-refractivity contribution in [2.75, 3.05) is 12.5 Å². The Morgan fingerprint density at radius 3 is 2.64 bits per heavy atom. The predicted octanol–water partition coefficient (Wildman–Crippen LogP) is 5.51. The number of ether oxygens (including phenoxy) is 1. The van der Waals surface area contributed by atoms with E-state index in [1.165, 1.54) is 0 Å². The fourth-order valence-electron chi connectivity index (χ4n) is 3.09. The molecule has 0 saturated carbocycles. The van der Waals surface area contributed by atoms with E-state index in [1.54, 1.807) is 18.4 Å². The summed E-state index contributed by atoms with van der Waals surface area (Å²) in [5.74, 6) is 1.46. The number of hydrogen-bond acceptors (Lipinski definition) is 6. The molecule has 0 spiro atoms. The molecule has 0 aliphatic carbocycles. The molecule has 6 heteroatoms. The maximum absolute atomic E-state index is 5.37. The fourth-order valence-corrected chi connectivity index (χ4v) is 3.85. The average Bonchev–Trinajstić information content (AvgIpc) is 3.17. The molecule has 2 aromatic carbocycles. The lowest BCUT2D eigenvalue weighted by molar-refractivity contribution is 0.415. The number of aryl methyl sites for hydroxylation is 1. The normalized spacial score (nSPS) is 11.6. The molecule has 0 bridgehead atoms. The van der Waals surface area contributed by atoms with Crippen LogP contribution in [0.3, 0.4) is 0 Å². The number of anilines is 1. The van der Waals surface area contributed by atoms with Gasteiger partial charge in [-0.2, -0.15) is 5.10 Å². The lowest BCUT2D eigenvalue weighted by Crippen LogP contribution is -2.01. The maximum atomic E-state index is 5.37. The molecule has 0 unspecified atom stereocenters. The summed E-state index contributed by atoms with van der Waals surface area (Å²) in [4.78, 5) is 10.1. The molecule has 140 valence electrons. The van der Waals surface area contributed by atoms with Gasteiger partial charge in [0.1, 0.15) is 11.6 Å². The number of nitrogens with one attached hydrogen (secondary N) is 1. The second kappa shape index (κ2) is 7.78. The topological polar surface area (TPSA) is 59.4 Å². The highest BCUT2D eigenvalue weighted by molar-refractivity contribution is 7.12. The van der Waals surface area contributed by atoms with Crippen molar-refractivity contribution in [3.05, 3.63) is 70.7 Å². The van der Waals surface area contributed by atoms with Crippen LogP contribution >= 0.6 is 11.3 Å². The quantitative estimate of drug-likeness (QED) is 0.362. The van der Waals surface area contributed by atoms with Crippen LogP contribution in [0.5, 0.6) is 5.75 Å². The van der Waals surface area contributed by atoms with Crippen LogP contribution < -0.4 is 10.2 Å². The van der Waals surface area contributed by atoms with Crippen LogP contribution in [0.25, 0.3) is 22.0 Å². The van der Waals surface area contributed by atoms with E-state index in [1.807, 2.05) is 61.8 Å². The highest BCUT2D eigenvalue weighted by Crippen LogP contribution is 2.32. The van der Waals surface area contributed by atoms with Gasteiger partial charge in [0.2, 0.25) is 0 Å². The molecule has 0 saturated heterocycles. The SMILES string of the molecule is COc1ccc2c(-c3ccccc3)cc(NN=C(C)c3scnc3C)nc2c1. The van der Waals surface area contributed by atoms with Crippen molar-refractivity contribution in [2.45, 2.75) is 13.8 Å². The van der Waals surface area contributed by atoms with Gasteiger partial charge in [0.15, 0.2) is 0 Å². The number of pyridine rings is 1. The molecular formula is C22H20N4OS. The number of methoxy groups -OCH3 is 1. The van der Waals surface area contributed by atoms with Crippen LogP contribution in [-0.4, -0.2) is 22.8 Å². The first kappa shape index (κ1) is 18.1. The third kappa shape index (κ3) is 3.59. The van der Waals surface area contributed by atoms with E-state index in [-0.39, 0.29) is 0 Å². The largest absolute Gasteiger partial charge is 0.497 e. The number of rotatable bonds is 5. The van der Waals surface area contributed by atoms with Gasteiger partial charge in [-0.05, 0) is 43.2 Å². The van der Waals surface area contributed by atoms with Gasteiger partial charge in [0, 0.05) is 11.5 Å². The Labute approximate surface area is 167 Å². The molecule has 0 aliphatic rings. The molecule has 2 heterocycles. The lowest BCUT2D eigenvalue weighted by atomic mass is 10.0. The van der Waals surface area contributed by atoms with Crippen molar-refractivity contribution >= 4 is 33.8 Å². The second-order valence-corrected chi connectivity index (χ2v) is 7.23. The van der Waals surface area contributed by atoms with E-state index < -0.39 is 0 Å². The van der Waals surface area contributed by atoms with Crippen molar-refractivity contribution in [1.29, 1.82) is 0 Å². The molecule has 4 aromatic rings. The van der Waals surface area contributed by atoms with E-state index in [9.17, 15) is 0 Å². The number of hydrazone groups is 1. The van der Waals surface area contributed by atoms with Gasteiger partial charge in [0.05, 0.1) is 34.4 Å². The number of nitrogens with zero attached hydrogens (tertiary/aromatic N) is 3. The fraction of sp³-hybridized carbons (Fsp3) is 0.136. The Morgan fingerprint density at radius 1 is 1.11 bits per heavy atom. The molecule has 0 fully saturated rings. The van der Waals surface area contributed by atoms with Gasteiger partial charge in [-0.25, -0.2) is 9.97 Å². The zero-order valence-electron chi connectivity index (χ0n) is 15.9. The van der Waals surface area contributed by atoms with Crippen molar-refractivity contribution in [2.24, 2.45) is 5.10 Å². The third-order valence-electron chi connectivity index (χ3n) is 4.51. The average molecular weight is 388 g/mol. The summed E-state index contributed by atoms with van der Waals surface area (Å²) in [5.41, 5.74) is 9.88. The minimum Gasteiger partial charge on any atom is -0.497 e. The molecule has 2 aromatic heterocycles. The van der Waals surface area contributed by atoms with Gasteiger partial charge in [-0.15, -0.1) is 11.3 Å². The van der Waals surface area contributed by atoms with Crippen molar-refractivity contribution in [3.63, 3.8) is 0 Å². The number of aromatic nitrogens is 2. The standard InChI is InChI=1S/C22H20N4OS/c1-14-22(28-13-23-14)15(2)25-26-21-12-19(16-7-5-4-6-8-16)18-10-9-17(27-3)11-20(18)24-21/h4-13H,1-3H3,(H,24,26). The van der Waals surface area contributed by atoms with E-state index in [0.29, 0.717) is 5.82 Å². The first-order valence-corrected chi connectivity index (χ1v) is 9.78.